The first-order chi connectivity index (χ1) is 17.3. The molecule has 0 aliphatic rings. The Labute approximate surface area is 221 Å². The van der Waals surface area contributed by atoms with Crippen molar-refractivity contribution in [3.63, 3.8) is 0 Å². The number of fused-ring (bicyclic) bond motifs is 1. The van der Waals surface area contributed by atoms with Crippen molar-refractivity contribution in [1.29, 1.82) is 0 Å². The summed E-state index contributed by atoms with van der Waals surface area (Å²) in [4.78, 5) is 13.2. The Balaban J connectivity index is 1.92. The van der Waals surface area contributed by atoms with Gasteiger partial charge in [0.25, 0.3) is 0 Å². The third kappa shape index (κ3) is 5.21. The molecule has 0 N–H and O–H groups in total. The summed E-state index contributed by atoms with van der Waals surface area (Å²) in [6.45, 7) is 16.5. The Hall–Kier alpha value is -3.38. The Morgan fingerprint density at radius 3 is 1.84 bits per heavy atom. The third-order valence-corrected chi connectivity index (χ3v) is 11.4. The lowest BCUT2D eigenvalue weighted by Crippen LogP contribution is -2.68. The van der Waals surface area contributed by atoms with Crippen molar-refractivity contribution in [1.82, 2.24) is 9.78 Å². The van der Waals surface area contributed by atoms with E-state index in [1.807, 2.05) is 51.1 Å². The second-order valence-electron chi connectivity index (χ2n) is 11.9. The highest BCUT2D eigenvalue weighted by atomic mass is 28.4. The lowest BCUT2D eigenvalue weighted by Gasteiger charge is -2.43. The molecule has 4 aromatic rings. The number of rotatable bonds is 5. The van der Waals surface area contributed by atoms with E-state index in [0.29, 0.717) is 11.3 Å². The maximum absolute atomic E-state index is 13.2. The van der Waals surface area contributed by atoms with Gasteiger partial charge in [-0.15, -0.1) is 0 Å². The van der Waals surface area contributed by atoms with Gasteiger partial charge in [0, 0.05) is 11.5 Å². The van der Waals surface area contributed by atoms with Crippen LogP contribution in [0.15, 0.2) is 78.9 Å². The molecule has 0 unspecified atom stereocenters. The largest absolute Gasteiger partial charge is 0.534 e. The minimum absolute atomic E-state index is 0.148. The molecular formula is C31H38N2O3Si. The summed E-state index contributed by atoms with van der Waals surface area (Å²) in [5.74, 6) is 0.858. The van der Waals surface area contributed by atoms with Gasteiger partial charge in [-0.25, -0.2) is 4.79 Å². The van der Waals surface area contributed by atoms with Crippen LogP contribution >= 0.6 is 0 Å². The van der Waals surface area contributed by atoms with Crippen molar-refractivity contribution >= 4 is 35.7 Å². The van der Waals surface area contributed by atoms with E-state index in [2.05, 4.69) is 88.2 Å². The summed E-state index contributed by atoms with van der Waals surface area (Å²) in [7, 11) is -2.82. The van der Waals surface area contributed by atoms with Crippen LogP contribution in [0.25, 0.3) is 10.9 Å². The molecule has 0 aliphatic carbocycles. The van der Waals surface area contributed by atoms with E-state index in [4.69, 9.17) is 9.16 Å². The average Bonchev–Trinajstić information content (AvgIpc) is 3.21. The van der Waals surface area contributed by atoms with Gasteiger partial charge in [0.1, 0.15) is 11.4 Å². The first-order valence-corrected chi connectivity index (χ1v) is 14.8. The molecule has 0 saturated heterocycles. The van der Waals surface area contributed by atoms with Gasteiger partial charge >= 0.3 is 14.4 Å². The van der Waals surface area contributed by atoms with Gasteiger partial charge < -0.3 is 9.16 Å². The van der Waals surface area contributed by atoms with Crippen molar-refractivity contribution in [2.24, 2.45) is 0 Å². The Morgan fingerprint density at radius 2 is 1.38 bits per heavy atom. The molecule has 0 atom stereocenters. The number of ether oxygens (including phenoxy) is 1. The minimum Gasteiger partial charge on any atom is -0.534 e. The smallest absolute Gasteiger partial charge is 0.435 e. The van der Waals surface area contributed by atoms with E-state index >= 15 is 0 Å². The van der Waals surface area contributed by atoms with Crippen molar-refractivity contribution in [3.8, 4) is 5.75 Å². The van der Waals surface area contributed by atoms with E-state index in [-0.39, 0.29) is 11.0 Å². The van der Waals surface area contributed by atoms with Crippen LogP contribution < -0.4 is 14.8 Å². The van der Waals surface area contributed by atoms with Gasteiger partial charge in [0.15, 0.2) is 0 Å². The van der Waals surface area contributed by atoms with Gasteiger partial charge in [-0.05, 0) is 54.2 Å². The summed E-state index contributed by atoms with van der Waals surface area (Å²) in [6, 6.07) is 27.0. The topological polar surface area (TPSA) is 53.4 Å². The highest BCUT2D eigenvalue weighted by Gasteiger charge is 2.52. The van der Waals surface area contributed by atoms with Gasteiger partial charge in [0.05, 0.1) is 11.2 Å². The number of aromatic nitrogens is 2. The van der Waals surface area contributed by atoms with Gasteiger partial charge in [0.2, 0.25) is 0 Å². The van der Waals surface area contributed by atoms with Crippen LogP contribution in [-0.4, -0.2) is 29.8 Å². The fourth-order valence-electron chi connectivity index (χ4n) is 4.88. The maximum Gasteiger partial charge on any atom is 0.435 e. The highest BCUT2D eigenvalue weighted by Crippen LogP contribution is 2.38. The lowest BCUT2D eigenvalue weighted by molar-refractivity contribution is 0.0522. The standard InChI is InChI=1S/C31H38N2O3Si/c1-22(2)28-26-20-19-23(21-27(26)33(32-28)29(34)35-30(3,4)5)36-37(31(6,7)8,24-15-11-9-12-16-24)25-17-13-10-14-18-25/h9-22H,1-8H3. The van der Waals surface area contributed by atoms with Gasteiger partial charge in [-0.3, -0.25) is 0 Å². The number of hydrogen-bond acceptors (Lipinski definition) is 4. The fourth-order valence-corrected chi connectivity index (χ4v) is 9.29. The molecule has 0 saturated carbocycles. The first-order valence-electron chi connectivity index (χ1n) is 12.9. The molecule has 0 amide bonds. The van der Waals surface area contributed by atoms with Gasteiger partial charge in [-0.2, -0.15) is 9.78 Å². The summed E-state index contributed by atoms with van der Waals surface area (Å²) in [6.07, 6.45) is -0.494. The van der Waals surface area contributed by atoms with E-state index in [1.165, 1.54) is 15.1 Å². The molecule has 1 aromatic heterocycles. The number of hydrogen-bond donors (Lipinski definition) is 0. The lowest BCUT2D eigenvalue weighted by atomic mass is 10.1. The van der Waals surface area contributed by atoms with Crippen LogP contribution in [0.2, 0.25) is 5.04 Å². The number of carbonyl (C=O) groups excluding carboxylic acids is 1. The summed E-state index contributed by atoms with van der Waals surface area (Å²) >= 11 is 0. The molecule has 6 heteroatoms. The van der Waals surface area contributed by atoms with Crippen LogP contribution in [0.5, 0.6) is 5.75 Å². The monoisotopic (exact) mass is 514 g/mol. The van der Waals surface area contributed by atoms with Crippen molar-refractivity contribution in [2.75, 3.05) is 0 Å². The normalized spacial score (nSPS) is 12.7. The Bertz CT molecular complexity index is 1340. The number of nitrogens with zero attached hydrogens (tertiary/aromatic N) is 2. The molecule has 0 bridgehead atoms. The zero-order chi connectivity index (χ0) is 27.0. The van der Waals surface area contributed by atoms with Crippen molar-refractivity contribution < 1.29 is 14.0 Å². The summed E-state index contributed by atoms with van der Waals surface area (Å²) in [5.41, 5.74) is 0.919. The zero-order valence-electron chi connectivity index (χ0n) is 23.2. The minimum atomic E-state index is -2.82. The number of benzene rings is 3. The second kappa shape index (κ2) is 9.82. The van der Waals surface area contributed by atoms with E-state index in [0.717, 1.165) is 11.1 Å². The van der Waals surface area contributed by atoms with Crippen LogP contribution in [0, 0.1) is 0 Å². The van der Waals surface area contributed by atoms with Crippen LogP contribution in [0.1, 0.15) is 67.0 Å². The average molecular weight is 515 g/mol. The van der Waals surface area contributed by atoms with Crippen LogP contribution in [0.4, 0.5) is 4.79 Å². The van der Waals surface area contributed by atoms with E-state index < -0.39 is 20.0 Å². The summed E-state index contributed by atoms with van der Waals surface area (Å²) < 4.78 is 14.3. The summed E-state index contributed by atoms with van der Waals surface area (Å²) in [5, 5.41) is 7.80. The molecule has 4 rings (SSSR count). The molecule has 0 radical (unpaired) electrons. The molecule has 0 spiro atoms. The van der Waals surface area contributed by atoms with Crippen molar-refractivity contribution in [3.05, 3.63) is 84.6 Å². The molecule has 194 valence electrons. The molecular weight excluding hydrogens is 476 g/mol. The third-order valence-electron chi connectivity index (χ3n) is 6.48. The van der Waals surface area contributed by atoms with Crippen molar-refractivity contribution in [2.45, 2.75) is 71.9 Å². The maximum atomic E-state index is 13.2. The second-order valence-corrected chi connectivity index (χ2v) is 16.1. The molecule has 0 aliphatic heterocycles. The van der Waals surface area contributed by atoms with E-state index in [9.17, 15) is 4.79 Å². The number of carbonyl (C=O) groups is 1. The zero-order valence-corrected chi connectivity index (χ0v) is 24.2. The SMILES string of the molecule is CC(C)c1nn(C(=O)OC(C)(C)C)c2cc(O[Si](c3ccccc3)(c3ccccc3)C(C)(C)C)ccc12. The predicted molar refractivity (Wildman–Crippen MR) is 154 cm³/mol. The predicted octanol–water partition coefficient (Wildman–Crippen LogP) is 6.88. The van der Waals surface area contributed by atoms with E-state index in [1.54, 1.807) is 0 Å². The molecule has 1 heterocycles. The molecule has 37 heavy (non-hydrogen) atoms. The molecule has 5 nitrogen and oxygen atoms in total. The van der Waals surface area contributed by atoms with Gasteiger partial charge in [-0.1, -0.05) is 95.3 Å². The molecule has 3 aromatic carbocycles. The quantitative estimate of drug-likeness (QED) is 0.272. The Morgan fingerprint density at radius 1 is 0.838 bits per heavy atom. The fraction of sp³-hybridized carbons (Fsp3) is 0.355. The van der Waals surface area contributed by atoms with Crippen LogP contribution in [0.3, 0.4) is 0 Å². The first kappa shape index (κ1) is 26.7. The molecule has 0 fully saturated rings. The highest BCUT2D eigenvalue weighted by molar-refractivity contribution is 7.00. The van der Waals surface area contributed by atoms with Crippen LogP contribution in [-0.2, 0) is 4.74 Å². The Kier molecular flexibility index (Phi) is 7.08.